The zero-order chi connectivity index (χ0) is 22.2. The number of ketones is 1. The molecule has 3 aromatic rings. The van der Waals surface area contributed by atoms with Gasteiger partial charge in [0.1, 0.15) is 11.5 Å². The molecule has 1 unspecified atom stereocenters. The molecule has 0 saturated heterocycles. The smallest absolute Gasteiger partial charge is 0.319 e. The molecule has 0 heterocycles. The SMILES string of the molecule is COc1ccc(O[Si](c2ccccc2)(c2ccccc2)C(C)(C)C)c2c1C(=O)C(C)C2. The number of fused-ring (bicyclic) bond motifs is 1. The monoisotopic (exact) mass is 430 g/mol. The Morgan fingerprint density at radius 3 is 1.84 bits per heavy atom. The van der Waals surface area contributed by atoms with Gasteiger partial charge in [0.15, 0.2) is 5.78 Å². The normalized spacial score (nSPS) is 16.2. The number of hydrogen-bond donors (Lipinski definition) is 0. The van der Waals surface area contributed by atoms with E-state index in [1.807, 2.05) is 31.2 Å². The second kappa shape index (κ2) is 8.01. The van der Waals surface area contributed by atoms with Crippen LogP contribution in [0, 0.1) is 5.92 Å². The van der Waals surface area contributed by atoms with Crippen LogP contribution in [0.1, 0.15) is 43.6 Å². The number of rotatable bonds is 5. The highest BCUT2D eigenvalue weighted by Gasteiger charge is 2.52. The summed E-state index contributed by atoms with van der Waals surface area (Å²) in [6.07, 6.45) is 0.679. The minimum atomic E-state index is -2.76. The molecule has 3 aromatic carbocycles. The minimum absolute atomic E-state index is 0.0622. The van der Waals surface area contributed by atoms with Crippen molar-refractivity contribution in [2.45, 2.75) is 39.2 Å². The lowest BCUT2D eigenvalue weighted by atomic mass is 10.1. The van der Waals surface area contributed by atoms with Crippen LogP contribution in [0.2, 0.25) is 5.04 Å². The zero-order valence-corrected chi connectivity index (χ0v) is 19.9. The maximum Gasteiger partial charge on any atom is 0.319 e. The first-order valence-electron chi connectivity index (χ1n) is 10.8. The fraction of sp³-hybridized carbons (Fsp3) is 0.296. The third kappa shape index (κ3) is 3.49. The highest BCUT2D eigenvalue weighted by atomic mass is 28.4. The minimum Gasteiger partial charge on any atom is -0.534 e. The van der Waals surface area contributed by atoms with Crippen molar-refractivity contribution in [3.8, 4) is 11.5 Å². The molecule has 3 nitrogen and oxygen atoms in total. The summed E-state index contributed by atoms with van der Waals surface area (Å²) in [5, 5.41) is 2.29. The van der Waals surface area contributed by atoms with Crippen LogP contribution in [0.3, 0.4) is 0 Å². The lowest BCUT2D eigenvalue weighted by Gasteiger charge is -2.43. The van der Waals surface area contributed by atoms with E-state index in [2.05, 4.69) is 69.3 Å². The molecule has 0 bridgehead atoms. The Hall–Kier alpha value is -2.85. The number of ether oxygens (including phenoxy) is 1. The van der Waals surface area contributed by atoms with E-state index < -0.39 is 8.32 Å². The van der Waals surface area contributed by atoms with Crippen LogP contribution in [0.5, 0.6) is 11.5 Å². The maximum absolute atomic E-state index is 12.9. The van der Waals surface area contributed by atoms with Crippen molar-refractivity contribution in [3.63, 3.8) is 0 Å². The van der Waals surface area contributed by atoms with Crippen molar-refractivity contribution < 1.29 is 14.0 Å². The summed E-state index contributed by atoms with van der Waals surface area (Å²) in [6, 6.07) is 25.0. The molecule has 1 aliphatic carbocycles. The van der Waals surface area contributed by atoms with E-state index in [0.29, 0.717) is 17.7 Å². The van der Waals surface area contributed by atoms with Crippen LogP contribution in [-0.2, 0) is 6.42 Å². The van der Waals surface area contributed by atoms with Gasteiger partial charge in [-0.25, -0.2) is 0 Å². The Morgan fingerprint density at radius 1 is 0.839 bits per heavy atom. The molecule has 1 aliphatic rings. The van der Waals surface area contributed by atoms with Crippen LogP contribution in [0.25, 0.3) is 0 Å². The van der Waals surface area contributed by atoms with Crippen molar-refractivity contribution in [1.82, 2.24) is 0 Å². The Bertz CT molecular complexity index is 1050. The Morgan fingerprint density at radius 2 is 1.35 bits per heavy atom. The van der Waals surface area contributed by atoms with Crippen LogP contribution in [0.4, 0.5) is 0 Å². The highest BCUT2D eigenvalue weighted by molar-refractivity contribution is 7.00. The number of carbonyl (C=O) groups excluding carboxylic acids is 1. The molecule has 0 spiro atoms. The van der Waals surface area contributed by atoms with Crippen molar-refractivity contribution in [1.29, 1.82) is 0 Å². The van der Waals surface area contributed by atoms with Gasteiger partial charge in [-0.05, 0) is 34.0 Å². The van der Waals surface area contributed by atoms with Gasteiger partial charge in [-0.2, -0.15) is 0 Å². The summed E-state index contributed by atoms with van der Waals surface area (Å²) < 4.78 is 12.7. The lowest BCUT2D eigenvalue weighted by molar-refractivity contribution is 0.0943. The van der Waals surface area contributed by atoms with Crippen LogP contribution in [-0.4, -0.2) is 21.2 Å². The third-order valence-electron chi connectivity index (χ3n) is 6.34. The van der Waals surface area contributed by atoms with Gasteiger partial charge in [0.05, 0.1) is 12.7 Å². The summed E-state index contributed by atoms with van der Waals surface area (Å²) in [5.41, 5.74) is 1.66. The van der Waals surface area contributed by atoms with Crippen molar-refractivity contribution in [2.24, 2.45) is 5.92 Å². The Labute approximate surface area is 186 Å². The summed E-state index contributed by atoms with van der Waals surface area (Å²) in [7, 11) is -1.14. The summed E-state index contributed by atoms with van der Waals surface area (Å²) in [5.74, 6) is 1.52. The molecule has 160 valence electrons. The summed E-state index contributed by atoms with van der Waals surface area (Å²) in [6.45, 7) is 8.76. The first-order valence-corrected chi connectivity index (χ1v) is 12.7. The second-order valence-corrected chi connectivity index (χ2v) is 13.6. The summed E-state index contributed by atoms with van der Waals surface area (Å²) in [4.78, 5) is 12.9. The molecule has 0 amide bonds. The number of methoxy groups -OCH3 is 1. The fourth-order valence-electron chi connectivity index (χ4n) is 4.81. The van der Waals surface area contributed by atoms with E-state index >= 15 is 0 Å². The molecule has 1 atom stereocenters. The molecule has 0 N–H and O–H groups in total. The van der Waals surface area contributed by atoms with Gasteiger partial charge in [-0.1, -0.05) is 88.4 Å². The molecule has 0 fully saturated rings. The van der Waals surface area contributed by atoms with Crippen LogP contribution in [0.15, 0.2) is 72.8 Å². The van der Waals surface area contributed by atoms with Crippen LogP contribution >= 0.6 is 0 Å². The average Bonchev–Trinajstić information content (AvgIpc) is 3.07. The van der Waals surface area contributed by atoms with Gasteiger partial charge in [0.2, 0.25) is 0 Å². The van der Waals surface area contributed by atoms with Gasteiger partial charge < -0.3 is 9.16 Å². The van der Waals surface area contributed by atoms with E-state index in [9.17, 15) is 4.79 Å². The Balaban J connectivity index is 1.97. The lowest BCUT2D eigenvalue weighted by Crippen LogP contribution is -2.68. The zero-order valence-electron chi connectivity index (χ0n) is 18.9. The van der Waals surface area contributed by atoms with Crippen LogP contribution < -0.4 is 19.5 Å². The predicted octanol–water partition coefficient (Wildman–Crippen LogP) is 5.01. The predicted molar refractivity (Wildman–Crippen MR) is 128 cm³/mol. The highest BCUT2D eigenvalue weighted by Crippen LogP contribution is 2.43. The number of Topliss-reactive ketones (excluding diaryl/α,β-unsaturated/α-hetero) is 1. The van der Waals surface area contributed by atoms with Gasteiger partial charge in [0.25, 0.3) is 0 Å². The van der Waals surface area contributed by atoms with E-state index in [1.165, 1.54) is 10.4 Å². The first-order chi connectivity index (χ1) is 14.8. The van der Waals surface area contributed by atoms with Crippen molar-refractivity contribution in [3.05, 3.63) is 83.9 Å². The van der Waals surface area contributed by atoms with Gasteiger partial charge >= 0.3 is 8.32 Å². The standard InChI is InChI=1S/C27H30O3Si/c1-19-18-22-23(16-17-24(29-5)25(22)26(19)28)30-31(27(2,3)4,20-12-8-6-9-13-20)21-14-10-7-11-15-21/h6-17,19H,18H2,1-5H3. The number of carbonyl (C=O) groups is 1. The van der Waals surface area contributed by atoms with Crippen molar-refractivity contribution >= 4 is 24.5 Å². The third-order valence-corrected chi connectivity index (χ3v) is 11.3. The molecular formula is C27H30O3Si. The number of benzene rings is 3. The fourth-order valence-corrected chi connectivity index (χ4v) is 9.26. The quantitative estimate of drug-likeness (QED) is 0.534. The maximum atomic E-state index is 12.9. The molecular weight excluding hydrogens is 400 g/mol. The Kier molecular flexibility index (Phi) is 5.52. The van der Waals surface area contributed by atoms with Gasteiger partial charge in [0, 0.05) is 11.5 Å². The molecule has 4 heteroatoms. The van der Waals surface area contributed by atoms with Gasteiger partial charge in [-0.3, -0.25) is 4.79 Å². The van der Waals surface area contributed by atoms with E-state index in [-0.39, 0.29) is 16.7 Å². The molecule has 0 saturated carbocycles. The molecule has 4 rings (SSSR count). The second-order valence-electron chi connectivity index (χ2n) is 9.35. The topological polar surface area (TPSA) is 35.5 Å². The first kappa shape index (κ1) is 21.4. The van der Waals surface area contributed by atoms with E-state index in [4.69, 9.17) is 9.16 Å². The summed E-state index contributed by atoms with van der Waals surface area (Å²) >= 11 is 0. The van der Waals surface area contributed by atoms with E-state index in [1.54, 1.807) is 7.11 Å². The molecule has 0 aliphatic heterocycles. The average molecular weight is 431 g/mol. The van der Waals surface area contributed by atoms with Crippen molar-refractivity contribution in [2.75, 3.05) is 7.11 Å². The molecule has 31 heavy (non-hydrogen) atoms. The van der Waals surface area contributed by atoms with Gasteiger partial charge in [-0.15, -0.1) is 0 Å². The van der Waals surface area contributed by atoms with E-state index in [0.717, 1.165) is 11.3 Å². The molecule has 0 aromatic heterocycles. The molecule has 0 radical (unpaired) electrons. The number of hydrogen-bond acceptors (Lipinski definition) is 3. The largest absolute Gasteiger partial charge is 0.534 e.